The lowest BCUT2D eigenvalue weighted by atomic mass is 9.89. The minimum atomic E-state index is -0.827. The molecule has 1 aliphatic rings. The molecule has 7 heteroatoms. The minimum Gasteiger partial charge on any atom is -0.326 e. The van der Waals surface area contributed by atoms with Crippen molar-refractivity contribution in [2.75, 3.05) is 10.2 Å². The van der Waals surface area contributed by atoms with Gasteiger partial charge in [-0.1, -0.05) is 20.8 Å². The number of benzene rings is 1. The number of rotatable bonds is 4. The zero-order valence-electron chi connectivity index (χ0n) is 18.3. The molecule has 2 rings (SSSR count). The predicted molar refractivity (Wildman–Crippen MR) is 112 cm³/mol. The fourth-order valence-electron chi connectivity index (χ4n) is 3.54. The number of hydrogen-bond donors (Lipinski definition) is 1. The standard InChI is InChI=1S/C22H31N3O4/c1-14(26)23-15-8-10-16(11-9-15)24-18(27)12-17(20(24)29)25(22(5,6)7)19(28)13-21(2,3)4/h8-11,17H,12-13H2,1-7H3,(H,23,26). The van der Waals surface area contributed by atoms with Gasteiger partial charge in [-0.15, -0.1) is 0 Å². The van der Waals surface area contributed by atoms with Crippen LogP contribution in [0.25, 0.3) is 0 Å². The second-order valence-electron chi connectivity index (χ2n) is 9.69. The van der Waals surface area contributed by atoms with E-state index in [2.05, 4.69) is 5.32 Å². The SMILES string of the molecule is CC(=O)Nc1ccc(N2C(=O)CC(N(C(=O)CC(C)(C)C)C(C)(C)C)C2=O)cc1. The summed E-state index contributed by atoms with van der Waals surface area (Å²) < 4.78 is 0. The average Bonchev–Trinajstić information content (AvgIpc) is 2.79. The molecule has 0 radical (unpaired) electrons. The molecule has 1 atom stereocenters. The van der Waals surface area contributed by atoms with Crippen molar-refractivity contribution in [3.63, 3.8) is 0 Å². The highest BCUT2D eigenvalue weighted by Crippen LogP contribution is 2.32. The molecule has 0 aliphatic carbocycles. The Morgan fingerprint density at radius 1 is 1.07 bits per heavy atom. The Kier molecular flexibility index (Phi) is 6.21. The van der Waals surface area contributed by atoms with Gasteiger partial charge in [-0.05, 0) is 50.5 Å². The molecule has 1 N–H and O–H groups in total. The topological polar surface area (TPSA) is 86.8 Å². The summed E-state index contributed by atoms with van der Waals surface area (Å²) >= 11 is 0. The average molecular weight is 402 g/mol. The number of nitrogens with one attached hydrogen (secondary N) is 1. The Hall–Kier alpha value is -2.70. The minimum absolute atomic E-state index is 0.0422. The number of nitrogens with zero attached hydrogens (tertiary/aromatic N) is 2. The maximum Gasteiger partial charge on any atom is 0.257 e. The van der Waals surface area contributed by atoms with E-state index >= 15 is 0 Å². The second kappa shape index (κ2) is 7.97. The Labute approximate surface area is 172 Å². The third kappa shape index (κ3) is 5.43. The van der Waals surface area contributed by atoms with Crippen LogP contribution in [0.1, 0.15) is 61.3 Å². The summed E-state index contributed by atoms with van der Waals surface area (Å²) in [4.78, 5) is 52.8. The molecule has 1 heterocycles. The summed E-state index contributed by atoms with van der Waals surface area (Å²) in [5.74, 6) is -1.09. The number of anilines is 2. The van der Waals surface area contributed by atoms with Crippen molar-refractivity contribution >= 4 is 35.0 Å². The number of amides is 4. The highest BCUT2D eigenvalue weighted by molar-refractivity contribution is 6.23. The third-order valence-electron chi connectivity index (χ3n) is 4.55. The highest BCUT2D eigenvalue weighted by atomic mass is 16.2. The molecule has 0 aromatic heterocycles. The van der Waals surface area contributed by atoms with Crippen molar-refractivity contribution in [1.29, 1.82) is 0 Å². The van der Waals surface area contributed by atoms with Gasteiger partial charge >= 0.3 is 0 Å². The molecular weight excluding hydrogens is 370 g/mol. The first kappa shape index (κ1) is 22.6. The molecule has 1 aliphatic heterocycles. The fraction of sp³-hybridized carbons (Fsp3) is 0.545. The smallest absolute Gasteiger partial charge is 0.257 e. The lowest BCUT2D eigenvalue weighted by Gasteiger charge is -2.40. The van der Waals surface area contributed by atoms with E-state index in [4.69, 9.17) is 0 Å². The molecule has 1 unspecified atom stereocenters. The van der Waals surface area contributed by atoms with Gasteiger partial charge in [0.1, 0.15) is 6.04 Å². The van der Waals surface area contributed by atoms with Gasteiger partial charge < -0.3 is 10.2 Å². The van der Waals surface area contributed by atoms with E-state index < -0.39 is 17.5 Å². The van der Waals surface area contributed by atoms with Crippen LogP contribution in [-0.2, 0) is 19.2 Å². The van der Waals surface area contributed by atoms with Gasteiger partial charge in [-0.2, -0.15) is 0 Å². The monoisotopic (exact) mass is 401 g/mol. The van der Waals surface area contributed by atoms with E-state index in [-0.39, 0.29) is 36.0 Å². The normalized spacial score (nSPS) is 17.5. The van der Waals surface area contributed by atoms with Gasteiger partial charge in [0.25, 0.3) is 5.91 Å². The van der Waals surface area contributed by atoms with Crippen molar-refractivity contribution < 1.29 is 19.2 Å². The van der Waals surface area contributed by atoms with Gasteiger partial charge in [-0.25, -0.2) is 4.90 Å². The van der Waals surface area contributed by atoms with Crippen LogP contribution >= 0.6 is 0 Å². The van der Waals surface area contributed by atoms with Crippen molar-refractivity contribution in [2.24, 2.45) is 5.41 Å². The number of imide groups is 1. The van der Waals surface area contributed by atoms with E-state index in [0.717, 1.165) is 4.90 Å². The molecule has 0 bridgehead atoms. The Morgan fingerprint density at radius 2 is 1.62 bits per heavy atom. The molecule has 1 saturated heterocycles. The molecule has 158 valence electrons. The molecule has 1 aromatic carbocycles. The van der Waals surface area contributed by atoms with Crippen LogP contribution in [0.15, 0.2) is 24.3 Å². The molecule has 0 saturated carbocycles. The van der Waals surface area contributed by atoms with Crippen molar-refractivity contribution in [1.82, 2.24) is 4.90 Å². The van der Waals surface area contributed by atoms with Crippen LogP contribution in [0.5, 0.6) is 0 Å². The first-order valence-corrected chi connectivity index (χ1v) is 9.77. The summed E-state index contributed by atoms with van der Waals surface area (Å²) in [5, 5.41) is 2.65. The fourth-order valence-corrected chi connectivity index (χ4v) is 3.54. The number of carbonyl (C=O) groups excluding carboxylic acids is 4. The maximum absolute atomic E-state index is 13.2. The molecule has 0 spiro atoms. The van der Waals surface area contributed by atoms with Crippen LogP contribution in [-0.4, -0.2) is 40.1 Å². The van der Waals surface area contributed by atoms with E-state index in [1.54, 1.807) is 29.2 Å². The van der Waals surface area contributed by atoms with Gasteiger partial charge in [0.05, 0.1) is 12.1 Å². The summed E-state index contributed by atoms with van der Waals surface area (Å²) in [5.41, 5.74) is 0.168. The van der Waals surface area contributed by atoms with Gasteiger partial charge in [0, 0.05) is 24.6 Å². The Morgan fingerprint density at radius 3 is 2.07 bits per heavy atom. The quantitative estimate of drug-likeness (QED) is 0.784. The Bertz CT molecular complexity index is 816. The van der Waals surface area contributed by atoms with Crippen LogP contribution in [0.4, 0.5) is 11.4 Å². The molecule has 7 nitrogen and oxygen atoms in total. The summed E-state index contributed by atoms with van der Waals surface area (Å²) in [6.07, 6.45) is 0.243. The first-order chi connectivity index (χ1) is 13.2. The second-order valence-corrected chi connectivity index (χ2v) is 9.69. The van der Waals surface area contributed by atoms with Gasteiger partial charge in [-0.3, -0.25) is 19.2 Å². The van der Waals surface area contributed by atoms with E-state index in [9.17, 15) is 19.2 Å². The van der Waals surface area contributed by atoms with Crippen LogP contribution < -0.4 is 10.2 Å². The first-order valence-electron chi connectivity index (χ1n) is 9.77. The maximum atomic E-state index is 13.2. The van der Waals surface area contributed by atoms with Crippen molar-refractivity contribution in [3.8, 4) is 0 Å². The van der Waals surface area contributed by atoms with Crippen LogP contribution in [0.3, 0.4) is 0 Å². The van der Waals surface area contributed by atoms with Crippen LogP contribution in [0, 0.1) is 5.41 Å². The summed E-state index contributed by atoms with van der Waals surface area (Å²) in [6.45, 7) is 12.9. The molecular formula is C22H31N3O4. The zero-order chi connectivity index (χ0) is 22.1. The summed E-state index contributed by atoms with van der Waals surface area (Å²) in [6, 6.07) is 5.67. The molecule has 1 fully saturated rings. The highest BCUT2D eigenvalue weighted by Gasteiger charge is 2.47. The van der Waals surface area contributed by atoms with E-state index in [1.165, 1.54) is 6.92 Å². The zero-order valence-corrected chi connectivity index (χ0v) is 18.3. The summed E-state index contributed by atoms with van der Waals surface area (Å²) in [7, 11) is 0. The van der Waals surface area contributed by atoms with E-state index in [1.807, 2.05) is 41.5 Å². The molecule has 29 heavy (non-hydrogen) atoms. The van der Waals surface area contributed by atoms with Crippen molar-refractivity contribution in [2.45, 2.75) is 72.9 Å². The lowest BCUT2D eigenvalue weighted by Crippen LogP contribution is -2.55. The van der Waals surface area contributed by atoms with Gasteiger partial charge in [0.2, 0.25) is 17.7 Å². The van der Waals surface area contributed by atoms with Crippen LogP contribution in [0.2, 0.25) is 0 Å². The van der Waals surface area contributed by atoms with Crippen molar-refractivity contribution in [3.05, 3.63) is 24.3 Å². The van der Waals surface area contributed by atoms with E-state index in [0.29, 0.717) is 11.4 Å². The lowest BCUT2D eigenvalue weighted by molar-refractivity contribution is -0.145. The Balaban J connectivity index is 2.31. The number of hydrogen-bond acceptors (Lipinski definition) is 4. The molecule has 1 aromatic rings. The predicted octanol–water partition coefficient (Wildman–Crippen LogP) is 3.34. The largest absolute Gasteiger partial charge is 0.326 e. The van der Waals surface area contributed by atoms with Gasteiger partial charge in [0.15, 0.2) is 0 Å². The molecule has 4 amide bonds. The third-order valence-corrected chi connectivity index (χ3v) is 4.55. The number of carbonyl (C=O) groups is 4.